The summed E-state index contributed by atoms with van der Waals surface area (Å²) in [6.45, 7) is 7.10. The van der Waals surface area contributed by atoms with E-state index in [1.807, 2.05) is 6.92 Å². The molecule has 1 atom stereocenters. The smallest absolute Gasteiger partial charge is 0.163 e. The van der Waals surface area contributed by atoms with Crippen LogP contribution in [0.3, 0.4) is 0 Å². The molecule has 17 heavy (non-hydrogen) atoms. The summed E-state index contributed by atoms with van der Waals surface area (Å²) in [4.78, 5) is 11.4. The topological polar surface area (TPSA) is 26.3 Å². The zero-order chi connectivity index (χ0) is 13.0. The molecule has 1 aromatic rings. The van der Waals surface area contributed by atoms with E-state index in [4.69, 9.17) is 4.74 Å². The molecule has 0 bridgehead atoms. The summed E-state index contributed by atoms with van der Waals surface area (Å²) in [5.41, 5.74) is 0.810. The average Bonchev–Trinajstić information content (AvgIpc) is 2.23. The monoisotopic (exact) mass is 238 g/mol. The molecule has 0 N–H and O–H groups in total. The number of hydrogen-bond acceptors (Lipinski definition) is 2. The van der Waals surface area contributed by atoms with E-state index in [2.05, 4.69) is 6.92 Å². The second kappa shape index (κ2) is 5.80. The molecule has 1 unspecified atom stereocenters. The van der Waals surface area contributed by atoms with Gasteiger partial charge in [-0.1, -0.05) is 13.3 Å². The lowest BCUT2D eigenvalue weighted by Gasteiger charge is -2.16. The Kier molecular flexibility index (Phi) is 4.67. The van der Waals surface area contributed by atoms with Crippen molar-refractivity contribution in [3.05, 3.63) is 29.1 Å². The van der Waals surface area contributed by atoms with E-state index in [0.29, 0.717) is 16.9 Å². The van der Waals surface area contributed by atoms with E-state index in [1.54, 1.807) is 13.0 Å². The van der Waals surface area contributed by atoms with E-state index in [9.17, 15) is 9.18 Å². The number of benzene rings is 1. The second-order valence-corrected chi connectivity index (χ2v) is 4.37. The van der Waals surface area contributed by atoms with Gasteiger partial charge < -0.3 is 4.74 Å². The Morgan fingerprint density at radius 1 is 1.47 bits per heavy atom. The Bertz CT molecular complexity index is 413. The molecule has 0 saturated heterocycles. The van der Waals surface area contributed by atoms with Crippen molar-refractivity contribution in [3.8, 4) is 5.75 Å². The first kappa shape index (κ1) is 13.7. The lowest BCUT2D eigenvalue weighted by Crippen LogP contribution is -2.13. The van der Waals surface area contributed by atoms with E-state index in [0.717, 1.165) is 12.8 Å². The van der Waals surface area contributed by atoms with Crippen LogP contribution in [0.5, 0.6) is 5.75 Å². The van der Waals surface area contributed by atoms with E-state index in [-0.39, 0.29) is 17.7 Å². The first-order valence-corrected chi connectivity index (χ1v) is 5.93. The summed E-state index contributed by atoms with van der Waals surface area (Å²) in [6.07, 6.45) is 1.95. The normalized spacial score (nSPS) is 12.3. The second-order valence-electron chi connectivity index (χ2n) is 4.37. The lowest BCUT2D eigenvalue weighted by molar-refractivity contribution is 0.101. The van der Waals surface area contributed by atoms with Crippen LogP contribution in [-0.2, 0) is 0 Å². The van der Waals surface area contributed by atoms with Crippen LogP contribution in [0.15, 0.2) is 12.1 Å². The van der Waals surface area contributed by atoms with Crippen LogP contribution in [-0.4, -0.2) is 11.9 Å². The number of ether oxygens (including phenoxy) is 1. The van der Waals surface area contributed by atoms with Gasteiger partial charge in [-0.05, 0) is 44.9 Å². The minimum atomic E-state index is -0.370. The first-order chi connectivity index (χ1) is 7.95. The highest BCUT2D eigenvalue weighted by Crippen LogP contribution is 2.25. The molecule has 0 aliphatic heterocycles. The SMILES string of the molecule is CCCC(C)Oc1cc(C)c(F)cc1C(C)=O. The Balaban J connectivity index is 3.04. The van der Waals surface area contributed by atoms with Gasteiger partial charge in [-0.15, -0.1) is 0 Å². The molecule has 0 radical (unpaired) electrons. The van der Waals surface area contributed by atoms with Gasteiger partial charge >= 0.3 is 0 Å². The summed E-state index contributed by atoms with van der Waals surface area (Å²) in [5.74, 6) is -0.0642. The number of Topliss-reactive ketones (excluding diaryl/α,β-unsaturated/α-hetero) is 1. The molecule has 0 saturated carbocycles. The van der Waals surface area contributed by atoms with Gasteiger partial charge in [0.05, 0.1) is 11.7 Å². The summed E-state index contributed by atoms with van der Waals surface area (Å²) in [5, 5.41) is 0. The molecule has 0 fully saturated rings. The fraction of sp³-hybridized carbons (Fsp3) is 0.500. The van der Waals surface area contributed by atoms with Gasteiger partial charge in [-0.3, -0.25) is 4.79 Å². The number of carbonyl (C=O) groups excluding carboxylic acids is 1. The highest BCUT2D eigenvalue weighted by atomic mass is 19.1. The van der Waals surface area contributed by atoms with Crippen LogP contribution in [0.4, 0.5) is 4.39 Å². The molecule has 3 heteroatoms. The van der Waals surface area contributed by atoms with Gasteiger partial charge in [0.1, 0.15) is 11.6 Å². The molecule has 0 amide bonds. The predicted molar refractivity (Wildman–Crippen MR) is 66.1 cm³/mol. The molecule has 94 valence electrons. The Morgan fingerprint density at radius 2 is 2.12 bits per heavy atom. The third-order valence-electron chi connectivity index (χ3n) is 2.66. The maximum atomic E-state index is 13.4. The zero-order valence-electron chi connectivity index (χ0n) is 10.8. The molecule has 0 spiro atoms. The van der Waals surface area contributed by atoms with Crippen LogP contribution in [0.1, 0.15) is 49.5 Å². The van der Waals surface area contributed by atoms with Crippen molar-refractivity contribution in [1.82, 2.24) is 0 Å². The fourth-order valence-electron chi connectivity index (χ4n) is 1.71. The Morgan fingerprint density at radius 3 is 2.65 bits per heavy atom. The van der Waals surface area contributed by atoms with Gasteiger partial charge in [0.2, 0.25) is 0 Å². The predicted octanol–water partition coefficient (Wildman–Crippen LogP) is 3.90. The van der Waals surface area contributed by atoms with Crippen molar-refractivity contribution in [2.75, 3.05) is 0 Å². The first-order valence-electron chi connectivity index (χ1n) is 5.93. The van der Waals surface area contributed by atoms with Crippen LogP contribution in [0.25, 0.3) is 0 Å². The van der Waals surface area contributed by atoms with Crippen molar-refractivity contribution in [2.24, 2.45) is 0 Å². The van der Waals surface area contributed by atoms with Crippen LogP contribution < -0.4 is 4.74 Å². The van der Waals surface area contributed by atoms with Gasteiger partial charge in [-0.2, -0.15) is 0 Å². The standard InChI is InChI=1S/C14H19FO2/c1-5-6-10(3)17-14-7-9(2)13(15)8-12(14)11(4)16/h7-8,10H,5-6H2,1-4H3. The minimum Gasteiger partial charge on any atom is -0.490 e. The average molecular weight is 238 g/mol. The van der Waals surface area contributed by atoms with Gasteiger partial charge in [-0.25, -0.2) is 4.39 Å². The van der Waals surface area contributed by atoms with Gasteiger partial charge in [0.25, 0.3) is 0 Å². The van der Waals surface area contributed by atoms with Crippen molar-refractivity contribution < 1.29 is 13.9 Å². The summed E-state index contributed by atoms with van der Waals surface area (Å²) >= 11 is 0. The summed E-state index contributed by atoms with van der Waals surface area (Å²) < 4.78 is 19.1. The highest BCUT2D eigenvalue weighted by molar-refractivity contribution is 5.96. The highest BCUT2D eigenvalue weighted by Gasteiger charge is 2.14. The summed E-state index contributed by atoms with van der Waals surface area (Å²) in [7, 11) is 0. The van der Waals surface area contributed by atoms with Crippen molar-refractivity contribution >= 4 is 5.78 Å². The summed E-state index contributed by atoms with van der Waals surface area (Å²) in [6, 6.07) is 2.85. The third-order valence-corrected chi connectivity index (χ3v) is 2.66. The van der Waals surface area contributed by atoms with E-state index < -0.39 is 0 Å². The molecule has 1 rings (SSSR count). The van der Waals surface area contributed by atoms with Crippen LogP contribution in [0.2, 0.25) is 0 Å². The lowest BCUT2D eigenvalue weighted by atomic mass is 10.1. The molecule has 2 nitrogen and oxygen atoms in total. The molecule has 0 aromatic heterocycles. The number of hydrogen-bond donors (Lipinski definition) is 0. The maximum absolute atomic E-state index is 13.4. The van der Waals surface area contributed by atoms with Crippen molar-refractivity contribution in [1.29, 1.82) is 0 Å². The van der Waals surface area contributed by atoms with Crippen LogP contribution >= 0.6 is 0 Å². The quantitative estimate of drug-likeness (QED) is 0.727. The largest absolute Gasteiger partial charge is 0.490 e. The van der Waals surface area contributed by atoms with Gasteiger partial charge in [0, 0.05) is 0 Å². The van der Waals surface area contributed by atoms with Crippen LogP contribution in [0, 0.1) is 12.7 Å². The molecule has 1 aromatic carbocycles. The van der Waals surface area contributed by atoms with E-state index in [1.165, 1.54) is 13.0 Å². The Labute approximate surface area is 102 Å². The zero-order valence-corrected chi connectivity index (χ0v) is 10.8. The third kappa shape index (κ3) is 3.55. The van der Waals surface area contributed by atoms with Gasteiger partial charge in [0.15, 0.2) is 5.78 Å². The van der Waals surface area contributed by atoms with E-state index >= 15 is 0 Å². The Hall–Kier alpha value is -1.38. The number of aryl methyl sites for hydroxylation is 1. The van der Waals surface area contributed by atoms with Crippen molar-refractivity contribution in [2.45, 2.75) is 46.6 Å². The molecule has 0 heterocycles. The number of carbonyl (C=O) groups is 1. The molecule has 0 aliphatic carbocycles. The maximum Gasteiger partial charge on any atom is 0.163 e. The minimum absolute atomic E-state index is 0.0305. The molecule has 0 aliphatic rings. The molecular formula is C14H19FO2. The number of ketones is 1. The van der Waals surface area contributed by atoms with Crippen molar-refractivity contribution in [3.63, 3.8) is 0 Å². The fourth-order valence-corrected chi connectivity index (χ4v) is 1.71. The molecular weight excluding hydrogens is 219 g/mol. The number of rotatable bonds is 5. The number of halogens is 1.